The molecule has 0 bridgehead atoms. The van der Waals surface area contributed by atoms with Gasteiger partial charge in [0.25, 0.3) is 10.1 Å². The average Bonchev–Trinajstić information content (AvgIpc) is 2.72. The van der Waals surface area contributed by atoms with Crippen LogP contribution in [0.2, 0.25) is 0 Å². The molecule has 8 nitrogen and oxygen atoms in total. The number of fused-ring (bicyclic) bond motifs is 1. The number of hydroxylamine groups is 1. The second kappa shape index (κ2) is 9.21. The number of methoxy groups -OCH3 is 1. The lowest BCUT2D eigenvalue weighted by atomic mass is 9.82. The van der Waals surface area contributed by atoms with Crippen molar-refractivity contribution in [1.29, 1.82) is 5.41 Å². The van der Waals surface area contributed by atoms with E-state index >= 15 is 0 Å². The largest absolute Gasteiger partial charge is 0.380 e. The molecule has 1 aliphatic rings. The lowest BCUT2D eigenvalue weighted by molar-refractivity contribution is 0.101. The third-order valence-electron chi connectivity index (χ3n) is 4.71. The summed E-state index contributed by atoms with van der Waals surface area (Å²) in [5.41, 5.74) is 12.2. The molecule has 0 atom stereocenters. The molecule has 9 heteroatoms. The Morgan fingerprint density at radius 1 is 1.17 bits per heavy atom. The molecule has 0 spiro atoms. The van der Waals surface area contributed by atoms with Crippen LogP contribution in [0, 0.1) is 5.41 Å². The minimum Gasteiger partial charge on any atom is -0.380 e. The number of ketones is 1. The summed E-state index contributed by atoms with van der Waals surface area (Å²) in [5, 5.41) is 6.95. The molecule has 0 unspecified atom stereocenters. The molecule has 158 valence electrons. The normalized spacial score (nSPS) is 13.6. The smallest absolute Gasteiger partial charge is 0.295 e. The molecule has 0 saturated heterocycles. The van der Waals surface area contributed by atoms with Gasteiger partial charge in [0, 0.05) is 12.7 Å². The van der Waals surface area contributed by atoms with Crippen LogP contribution in [-0.4, -0.2) is 39.6 Å². The number of nitrogens with one attached hydrogen (secondary N) is 2. The van der Waals surface area contributed by atoms with Gasteiger partial charge >= 0.3 is 0 Å². The van der Waals surface area contributed by atoms with Crippen LogP contribution >= 0.6 is 0 Å². The standard InChI is InChI=1S/C21H23N3O5S/c1-28-12-17-10-9-14-5-2-3-8-18(14)20(17)16-7-4-6-15(11-16)19(25)13-30(26,27)29-24-21(22)23/h2-8,11H,9-10,12-13H2,1H3,(H4,22,23,24). The first kappa shape index (κ1) is 21.7. The number of aryl methyl sites for hydroxylation is 1. The molecular weight excluding hydrogens is 406 g/mol. The second-order valence-electron chi connectivity index (χ2n) is 6.87. The summed E-state index contributed by atoms with van der Waals surface area (Å²) in [7, 11) is -2.60. The van der Waals surface area contributed by atoms with Gasteiger partial charge < -0.3 is 10.5 Å². The third-order valence-corrected chi connectivity index (χ3v) is 5.67. The van der Waals surface area contributed by atoms with Crippen LogP contribution in [-0.2, 0) is 25.6 Å². The predicted octanol–water partition coefficient (Wildman–Crippen LogP) is 2.01. The van der Waals surface area contributed by atoms with Crippen LogP contribution in [0.4, 0.5) is 0 Å². The van der Waals surface area contributed by atoms with Crippen molar-refractivity contribution < 1.29 is 22.2 Å². The Morgan fingerprint density at radius 2 is 1.93 bits per heavy atom. The molecule has 2 aromatic carbocycles. The van der Waals surface area contributed by atoms with Crippen LogP contribution in [0.3, 0.4) is 0 Å². The Bertz CT molecular complexity index is 1110. The lowest BCUT2D eigenvalue weighted by Crippen LogP contribution is -2.34. The van der Waals surface area contributed by atoms with Crippen molar-refractivity contribution in [2.24, 2.45) is 5.73 Å². The first-order valence-electron chi connectivity index (χ1n) is 9.25. The van der Waals surface area contributed by atoms with Crippen molar-refractivity contribution in [3.63, 3.8) is 0 Å². The van der Waals surface area contributed by atoms with Gasteiger partial charge in [0.05, 0.1) is 6.61 Å². The fourth-order valence-corrected chi connectivity index (χ4v) is 4.25. The number of benzene rings is 2. The molecular formula is C21H23N3O5S. The van der Waals surface area contributed by atoms with Gasteiger partial charge in [0.15, 0.2) is 5.78 Å². The number of rotatable bonds is 8. The summed E-state index contributed by atoms with van der Waals surface area (Å²) in [6.45, 7) is 0.473. The van der Waals surface area contributed by atoms with E-state index in [1.54, 1.807) is 30.8 Å². The molecule has 0 aromatic heterocycles. The summed E-state index contributed by atoms with van der Waals surface area (Å²) in [4.78, 5) is 12.6. The molecule has 30 heavy (non-hydrogen) atoms. The van der Waals surface area contributed by atoms with E-state index in [0.29, 0.717) is 6.61 Å². The highest BCUT2D eigenvalue weighted by Gasteiger charge is 2.23. The topological polar surface area (TPSA) is 132 Å². The van der Waals surface area contributed by atoms with Crippen molar-refractivity contribution in [2.45, 2.75) is 12.8 Å². The molecule has 0 radical (unpaired) electrons. The van der Waals surface area contributed by atoms with Crippen LogP contribution in [0.25, 0.3) is 5.57 Å². The molecule has 0 heterocycles. The number of carbonyl (C=O) groups is 1. The number of nitrogens with two attached hydrogens (primary N) is 1. The SMILES string of the molecule is COCC1=C(c2cccc(C(=O)CS(=O)(=O)ONC(=N)N)c2)c2ccccc2CC1. The van der Waals surface area contributed by atoms with Gasteiger partial charge in [-0.15, -0.1) is 4.28 Å². The molecule has 4 N–H and O–H groups in total. The Labute approximate surface area is 175 Å². The number of hydrogen-bond acceptors (Lipinski definition) is 6. The highest BCUT2D eigenvalue weighted by atomic mass is 32.2. The van der Waals surface area contributed by atoms with E-state index in [1.807, 2.05) is 24.3 Å². The summed E-state index contributed by atoms with van der Waals surface area (Å²) < 4.78 is 33.6. The Hall–Kier alpha value is -3.01. The van der Waals surface area contributed by atoms with Crippen LogP contribution in [0.1, 0.15) is 33.5 Å². The lowest BCUT2D eigenvalue weighted by Gasteiger charge is -2.24. The summed E-state index contributed by atoms with van der Waals surface area (Å²) in [5.74, 6) is -2.18. The molecule has 0 fully saturated rings. The van der Waals surface area contributed by atoms with Gasteiger partial charge in [-0.05, 0) is 46.7 Å². The number of guanidine groups is 1. The van der Waals surface area contributed by atoms with Gasteiger partial charge in [-0.25, -0.2) is 5.48 Å². The minimum absolute atomic E-state index is 0.245. The van der Waals surface area contributed by atoms with Gasteiger partial charge in [-0.2, -0.15) is 8.42 Å². The van der Waals surface area contributed by atoms with Gasteiger partial charge in [-0.3, -0.25) is 10.2 Å². The number of Topliss-reactive ketones (excluding diaryl/α,β-unsaturated/α-hetero) is 1. The van der Waals surface area contributed by atoms with Crippen molar-refractivity contribution in [2.75, 3.05) is 19.5 Å². The molecule has 1 aliphatic carbocycles. The fraction of sp³-hybridized carbons (Fsp3) is 0.238. The van der Waals surface area contributed by atoms with Crippen molar-refractivity contribution in [1.82, 2.24) is 5.48 Å². The van der Waals surface area contributed by atoms with Crippen molar-refractivity contribution in [3.05, 3.63) is 76.4 Å². The molecule has 2 aromatic rings. The van der Waals surface area contributed by atoms with E-state index < -0.39 is 27.6 Å². The highest BCUT2D eigenvalue weighted by Crippen LogP contribution is 2.36. The van der Waals surface area contributed by atoms with E-state index in [2.05, 4.69) is 10.4 Å². The first-order valence-corrected chi connectivity index (χ1v) is 10.8. The monoisotopic (exact) mass is 429 g/mol. The fourth-order valence-electron chi connectivity index (χ4n) is 3.49. The average molecular weight is 429 g/mol. The van der Waals surface area contributed by atoms with E-state index in [1.165, 1.54) is 5.56 Å². The zero-order chi connectivity index (χ0) is 21.7. The van der Waals surface area contributed by atoms with Gasteiger partial charge in [-0.1, -0.05) is 42.5 Å². The van der Waals surface area contributed by atoms with E-state index in [4.69, 9.17) is 15.9 Å². The predicted molar refractivity (Wildman–Crippen MR) is 113 cm³/mol. The third kappa shape index (κ3) is 5.12. The number of hydrogen-bond donors (Lipinski definition) is 3. The molecule has 0 amide bonds. The quantitative estimate of drug-likeness (QED) is 0.253. The van der Waals surface area contributed by atoms with Crippen LogP contribution < -0.4 is 11.2 Å². The number of carbonyl (C=O) groups excluding carboxylic acids is 1. The van der Waals surface area contributed by atoms with E-state index in [0.717, 1.165) is 35.1 Å². The maximum atomic E-state index is 12.6. The minimum atomic E-state index is -4.24. The van der Waals surface area contributed by atoms with Crippen molar-refractivity contribution >= 4 is 27.4 Å². The Kier molecular flexibility index (Phi) is 6.66. The van der Waals surface area contributed by atoms with Gasteiger partial charge in [0.1, 0.15) is 5.75 Å². The van der Waals surface area contributed by atoms with Crippen molar-refractivity contribution in [3.8, 4) is 0 Å². The summed E-state index contributed by atoms with van der Waals surface area (Å²) in [6.07, 6.45) is 1.76. The second-order valence-corrected chi connectivity index (χ2v) is 8.44. The maximum Gasteiger partial charge on any atom is 0.295 e. The number of ether oxygens (including phenoxy) is 1. The summed E-state index contributed by atoms with van der Waals surface area (Å²) in [6, 6.07) is 15.0. The summed E-state index contributed by atoms with van der Waals surface area (Å²) >= 11 is 0. The Balaban J connectivity index is 1.94. The molecule has 0 saturated carbocycles. The zero-order valence-corrected chi connectivity index (χ0v) is 17.3. The van der Waals surface area contributed by atoms with Gasteiger partial charge in [0.2, 0.25) is 5.96 Å². The van der Waals surface area contributed by atoms with E-state index in [9.17, 15) is 13.2 Å². The van der Waals surface area contributed by atoms with Crippen LogP contribution in [0.15, 0.2) is 54.1 Å². The zero-order valence-electron chi connectivity index (χ0n) is 16.5. The highest BCUT2D eigenvalue weighted by molar-refractivity contribution is 7.87. The Morgan fingerprint density at radius 3 is 2.67 bits per heavy atom. The first-order chi connectivity index (χ1) is 14.3. The van der Waals surface area contributed by atoms with Crippen LogP contribution in [0.5, 0.6) is 0 Å². The molecule has 0 aliphatic heterocycles. The van der Waals surface area contributed by atoms with E-state index in [-0.39, 0.29) is 5.56 Å². The molecule has 3 rings (SSSR count). The maximum absolute atomic E-state index is 12.6.